The van der Waals surface area contributed by atoms with Gasteiger partial charge in [-0.1, -0.05) is 42.5 Å². The minimum atomic E-state index is -6.45. The van der Waals surface area contributed by atoms with E-state index in [-0.39, 0.29) is 14.9 Å². The van der Waals surface area contributed by atoms with Gasteiger partial charge in [-0.15, -0.1) is 0 Å². The van der Waals surface area contributed by atoms with Gasteiger partial charge in [0.15, 0.2) is 23.0 Å². The Morgan fingerprint density at radius 2 is 0.880 bits per heavy atom. The lowest BCUT2D eigenvalue weighted by molar-refractivity contribution is -0.292. The number of carbonyl (C=O) groups is 4. The number of nitrogens with zero attached hydrogens (tertiary/aromatic N) is 4. The van der Waals surface area contributed by atoms with Gasteiger partial charge in [-0.25, -0.2) is 17.6 Å². The lowest BCUT2D eigenvalue weighted by atomic mass is 10.00. The Bertz CT molecular complexity index is 3130. The molecule has 0 unspecified atom stereocenters. The normalized spacial score (nSPS) is 12.3. The molecule has 0 saturated heterocycles. The fraction of sp³-hybridized carbons (Fsp3) is 0.209. The maximum Gasteiger partial charge on any atom is 0.459 e. The maximum absolute atomic E-state index is 15.0. The molecular formula is C43H26ClF20N7O4. The topological polar surface area (TPSA) is 154 Å². The van der Waals surface area contributed by atoms with Crippen LogP contribution in [0.25, 0.3) is 0 Å². The van der Waals surface area contributed by atoms with E-state index in [1.54, 1.807) is 6.07 Å². The number of anilines is 3. The molecule has 404 valence electrons. The zero-order valence-electron chi connectivity index (χ0n) is 36.7. The van der Waals surface area contributed by atoms with Crippen molar-refractivity contribution in [2.75, 3.05) is 16.4 Å². The second kappa shape index (κ2) is 22.0. The van der Waals surface area contributed by atoms with Crippen molar-refractivity contribution in [1.82, 2.24) is 19.6 Å². The third-order valence-electron chi connectivity index (χ3n) is 9.64. The van der Waals surface area contributed by atoms with Crippen LogP contribution in [0.15, 0.2) is 84.9 Å². The van der Waals surface area contributed by atoms with Gasteiger partial charge in [0, 0.05) is 20.5 Å². The molecule has 0 radical (unpaired) electrons. The molecule has 11 nitrogen and oxygen atoms in total. The summed E-state index contributed by atoms with van der Waals surface area (Å²) < 4.78 is 266. The van der Waals surface area contributed by atoms with Gasteiger partial charge in [0.1, 0.15) is 40.2 Å². The summed E-state index contributed by atoms with van der Waals surface area (Å²) in [5.41, 5.74) is -8.59. The smallest absolute Gasteiger partial charge is 0.396 e. The molecule has 4 aromatic carbocycles. The zero-order chi connectivity index (χ0) is 57.1. The van der Waals surface area contributed by atoms with Crippen LogP contribution in [0.2, 0.25) is 0 Å². The van der Waals surface area contributed by atoms with Crippen molar-refractivity contribution in [3.63, 3.8) is 0 Å². The van der Waals surface area contributed by atoms with E-state index in [9.17, 15) is 107 Å². The molecule has 0 aliphatic carbocycles. The van der Waals surface area contributed by atoms with Gasteiger partial charge in [-0.3, -0.25) is 28.5 Å². The zero-order valence-corrected chi connectivity index (χ0v) is 37.5. The number of nitrogen functional groups attached to an aromatic ring is 1. The summed E-state index contributed by atoms with van der Waals surface area (Å²) in [6, 6.07) is 16.0. The van der Waals surface area contributed by atoms with Gasteiger partial charge in [0.05, 0.1) is 27.9 Å². The van der Waals surface area contributed by atoms with Gasteiger partial charge in [-0.05, 0) is 59.6 Å². The lowest BCUT2D eigenvalue weighted by Gasteiger charge is -2.19. The van der Waals surface area contributed by atoms with Crippen LogP contribution in [0.1, 0.15) is 69.5 Å². The first-order chi connectivity index (χ1) is 34.3. The molecule has 0 saturated carbocycles. The van der Waals surface area contributed by atoms with Crippen LogP contribution in [0.3, 0.4) is 0 Å². The quantitative estimate of drug-likeness (QED) is 0.0534. The first-order valence-corrected chi connectivity index (χ1v) is 20.0. The van der Waals surface area contributed by atoms with Gasteiger partial charge < -0.3 is 16.4 Å². The molecule has 0 fully saturated rings. The molecule has 75 heavy (non-hydrogen) atoms. The SMILES string of the molecule is Cn1nc(C(F)(F)C(F)(F)F)c(C(F)(F)F)c1NC(=O)c1cccc(CC(=O)c2ccccc2F)c1F.Cn1nc(C(F)(F)C(F)(F)F)c(C(F)(F)F)c1NC(=O)c1cccc(N)c1F.O=C(Cl)c1ccccc1F. The number of aryl methyl sites for hydroxylation is 2. The van der Waals surface area contributed by atoms with E-state index in [1.165, 1.54) is 41.0 Å². The number of amides is 2. The molecule has 32 heteroatoms. The molecule has 0 aliphatic heterocycles. The molecule has 4 N–H and O–H groups in total. The standard InChI is InChI=1S/C22H13F10N3O2.C14H9F9N4O.C7H4ClFO/c1-35-18(15(21(27,28)29)17(34-35)20(25,26)22(30,31)32)33-19(37)12-7-4-5-10(16(12)24)9-14(36)11-6-2-3-8-13(11)23;1-27-10(25-11(28)5-3-2-4-6(24)8(5)15)7(13(18,19)20)9(26-27)12(16,17)14(21,22)23;8-7(10)5-3-1-2-4-6(5)9/h2-8H,9H2,1H3,(H,33,37);2-4H,24H2,1H3,(H,25,28);1-4H. The molecule has 0 spiro atoms. The summed E-state index contributed by atoms with van der Waals surface area (Å²) >= 11 is 5.03. The van der Waals surface area contributed by atoms with Crippen LogP contribution >= 0.6 is 11.6 Å². The Balaban J connectivity index is 0.000000280. The summed E-state index contributed by atoms with van der Waals surface area (Å²) in [5.74, 6) is -23.5. The predicted molar refractivity (Wildman–Crippen MR) is 220 cm³/mol. The average Bonchev–Trinajstić information content (AvgIpc) is 3.81. The Labute approximate surface area is 409 Å². The van der Waals surface area contributed by atoms with E-state index in [0.29, 0.717) is 14.1 Å². The number of nitrogens with two attached hydrogens (primary N) is 1. The highest BCUT2D eigenvalue weighted by Crippen LogP contribution is 2.51. The number of alkyl halides is 16. The number of rotatable bonds is 10. The van der Waals surface area contributed by atoms with Crippen LogP contribution < -0.4 is 16.4 Å². The molecule has 0 atom stereocenters. The van der Waals surface area contributed by atoms with Crippen molar-refractivity contribution in [3.8, 4) is 0 Å². The van der Waals surface area contributed by atoms with Crippen LogP contribution in [0.5, 0.6) is 0 Å². The Hall–Kier alpha value is -7.73. The minimum Gasteiger partial charge on any atom is -0.396 e. The number of benzene rings is 4. The lowest BCUT2D eigenvalue weighted by Crippen LogP contribution is -2.36. The molecule has 2 heterocycles. The number of halogens is 21. The molecule has 0 aliphatic rings. The number of aromatic nitrogens is 4. The Morgan fingerprint density at radius 1 is 0.520 bits per heavy atom. The highest BCUT2D eigenvalue weighted by atomic mass is 35.5. The number of hydrogen-bond acceptors (Lipinski definition) is 7. The minimum absolute atomic E-state index is 0.0279. The van der Waals surface area contributed by atoms with E-state index < -0.39 is 151 Å². The van der Waals surface area contributed by atoms with E-state index in [4.69, 9.17) is 17.3 Å². The fourth-order valence-electron chi connectivity index (χ4n) is 6.12. The van der Waals surface area contributed by atoms with Crippen molar-refractivity contribution < 1.29 is 107 Å². The van der Waals surface area contributed by atoms with Gasteiger partial charge in [-0.2, -0.15) is 80.4 Å². The molecule has 6 rings (SSSR count). The number of ketones is 1. The molecule has 0 bridgehead atoms. The van der Waals surface area contributed by atoms with Crippen LogP contribution in [0, 0.1) is 23.3 Å². The summed E-state index contributed by atoms with van der Waals surface area (Å²) in [6.07, 6.45) is -25.2. The van der Waals surface area contributed by atoms with Crippen molar-refractivity contribution in [2.45, 2.75) is 43.0 Å². The number of nitrogens with one attached hydrogen (secondary N) is 2. The molecular weight excluding hydrogens is 1090 g/mol. The average molecular weight is 1120 g/mol. The third kappa shape index (κ3) is 13.2. The highest BCUT2D eigenvalue weighted by molar-refractivity contribution is 6.67. The fourth-order valence-corrected chi connectivity index (χ4v) is 6.28. The van der Waals surface area contributed by atoms with Crippen molar-refractivity contribution >= 4 is 51.8 Å². The van der Waals surface area contributed by atoms with Crippen molar-refractivity contribution in [1.29, 1.82) is 0 Å². The number of carbonyl (C=O) groups excluding carboxylic acids is 4. The van der Waals surface area contributed by atoms with Crippen LogP contribution in [-0.4, -0.2) is 54.8 Å². The monoisotopic (exact) mass is 1120 g/mol. The molecule has 6 aromatic rings. The van der Waals surface area contributed by atoms with Crippen molar-refractivity contribution in [3.05, 3.63) is 159 Å². The second-order valence-electron chi connectivity index (χ2n) is 14.8. The maximum atomic E-state index is 15.0. The largest absolute Gasteiger partial charge is 0.459 e. The molecule has 2 amide bonds. The Kier molecular flexibility index (Phi) is 17.6. The van der Waals surface area contributed by atoms with Gasteiger partial charge in [0.2, 0.25) is 0 Å². The second-order valence-corrected chi connectivity index (χ2v) is 15.1. The number of hydrogen-bond donors (Lipinski definition) is 3. The summed E-state index contributed by atoms with van der Waals surface area (Å²) in [6.45, 7) is 0. The van der Waals surface area contributed by atoms with E-state index in [1.807, 2.05) is 0 Å². The summed E-state index contributed by atoms with van der Waals surface area (Å²) in [7, 11) is 1.15. The predicted octanol–water partition coefficient (Wildman–Crippen LogP) is 12.3. The highest BCUT2D eigenvalue weighted by Gasteiger charge is 2.65. The van der Waals surface area contributed by atoms with E-state index in [2.05, 4.69) is 10.2 Å². The first-order valence-electron chi connectivity index (χ1n) is 19.6. The van der Waals surface area contributed by atoms with E-state index in [0.717, 1.165) is 48.5 Å². The van der Waals surface area contributed by atoms with Crippen LogP contribution in [-0.2, 0) is 44.7 Å². The van der Waals surface area contributed by atoms with Crippen molar-refractivity contribution in [2.24, 2.45) is 14.1 Å². The first kappa shape index (κ1) is 59.8. The van der Waals surface area contributed by atoms with Crippen LogP contribution in [0.4, 0.5) is 105 Å². The summed E-state index contributed by atoms with van der Waals surface area (Å²) in [4.78, 5) is 47.3. The van der Waals surface area contributed by atoms with Gasteiger partial charge in [0.25, 0.3) is 17.1 Å². The Morgan fingerprint density at radius 3 is 1.24 bits per heavy atom. The van der Waals surface area contributed by atoms with E-state index >= 15 is 0 Å². The third-order valence-corrected chi connectivity index (χ3v) is 9.84. The molecule has 2 aromatic heterocycles. The van der Waals surface area contributed by atoms with Gasteiger partial charge >= 0.3 is 36.6 Å². The summed E-state index contributed by atoms with van der Waals surface area (Å²) in [5, 5.41) is 7.37. The number of Topliss-reactive ketones (excluding diaryl/α,β-unsaturated/α-hetero) is 1.